The normalized spacial score (nSPS) is 10.9. The monoisotopic (exact) mass is 271 g/mol. The molecule has 0 saturated carbocycles. The summed E-state index contributed by atoms with van der Waals surface area (Å²) in [5.74, 6) is 0. The number of nitrogens with one attached hydrogen (secondary N) is 1. The van der Waals surface area contributed by atoms with E-state index in [0.717, 1.165) is 24.5 Å². The fourth-order valence-electron chi connectivity index (χ4n) is 1.46. The van der Waals surface area contributed by atoms with Gasteiger partial charge in [0.1, 0.15) is 0 Å². The predicted molar refractivity (Wildman–Crippen MR) is 73.6 cm³/mol. The Morgan fingerprint density at radius 2 is 1.94 bits per heavy atom. The molecule has 0 atom stereocenters. The van der Waals surface area contributed by atoms with E-state index in [1.165, 1.54) is 14.6 Å². The zero-order valence-corrected chi connectivity index (χ0v) is 11.5. The molecule has 0 fully saturated rings. The molecule has 2 aromatic heterocycles. The molecular weight excluding hydrogens is 258 g/mol. The van der Waals surface area contributed by atoms with Gasteiger partial charge in [0.05, 0.1) is 5.02 Å². The first-order chi connectivity index (χ1) is 7.78. The molecule has 0 unspecified atom stereocenters. The SMILES string of the molecule is CCc1ccc(CNCc2cc(Cl)cs2)s1. The average molecular weight is 272 g/mol. The molecule has 0 saturated heterocycles. The second-order valence-electron chi connectivity index (χ2n) is 3.56. The first-order valence-corrected chi connectivity index (χ1v) is 7.36. The molecule has 1 nitrogen and oxygen atoms in total. The molecule has 0 amide bonds. The van der Waals surface area contributed by atoms with Gasteiger partial charge in [-0.1, -0.05) is 18.5 Å². The van der Waals surface area contributed by atoms with Crippen LogP contribution < -0.4 is 5.32 Å². The molecule has 0 bridgehead atoms. The third-order valence-corrected chi connectivity index (χ3v) is 4.80. The second-order valence-corrected chi connectivity index (χ2v) is 6.24. The van der Waals surface area contributed by atoms with Gasteiger partial charge in [0.2, 0.25) is 0 Å². The van der Waals surface area contributed by atoms with Crippen molar-refractivity contribution in [2.75, 3.05) is 0 Å². The van der Waals surface area contributed by atoms with E-state index in [4.69, 9.17) is 11.6 Å². The van der Waals surface area contributed by atoms with Crippen LogP contribution in [0.4, 0.5) is 0 Å². The largest absolute Gasteiger partial charge is 0.307 e. The van der Waals surface area contributed by atoms with Gasteiger partial charge in [-0.3, -0.25) is 0 Å². The maximum atomic E-state index is 5.86. The van der Waals surface area contributed by atoms with Crippen molar-refractivity contribution in [3.63, 3.8) is 0 Å². The van der Waals surface area contributed by atoms with Crippen molar-refractivity contribution in [2.24, 2.45) is 0 Å². The molecule has 16 heavy (non-hydrogen) atoms. The topological polar surface area (TPSA) is 12.0 Å². The van der Waals surface area contributed by atoms with Gasteiger partial charge in [-0.05, 0) is 24.6 Å². The van der Waals surface area contributed by atoms with Crippen LogP contribution >= 0.6 is 34.3 Å². The Morgan fingerprint density at radius 3 is 2.56 bits per heavy atom. The Balaban J connectivity index is 1.79. The molecule has 4 heteroatoms. The van der Waals surface area contributed by atoms with Crippen LogP contribution in [-0.2, 0) is 19.5 Å². The van der Waals surface area contributed by atoms with E-state index >= 15 is 0 Å². The van der Waals surface area contributed by atoms with Gasteiger partial charge in [0.15, 0.2) is 0 Å². The lowest BCUT2D eigenvalue weighted by Gasteiger charge is -1.99. The standard InChI is InChI=1S/C12H14ClNS2/c1-2-10-3-4-11(16-10)6-14-7-12-5-9(13)8-15-12/h3-5,8,14H,2,6-7H2,1H3. The van der Waals surface area contributed by atoms with Gasteiger partial charge in [0.25, 0.3) is 0 Å². The fourth-order valence-corrected chi connectivity index (χ4v) is 3.43. The third-order valence-electron chi connectivity index (χ3n) is 2.29. The summed E-state index contributed by atoms with van der Waals surface area (Å²) in [6, 6.07) is 6.44. The van der Waals surface area contributed by atoms with Crippen LogP contribution in [0.15, 0.2) is 23.6 Å². The highest BCUT2D eigenvalue weighted by molar-refractivity contribution is 7.12. The molecule has 0 spiro atoms. The van der Waals surface area contributed by atoms with Gasteiger partial charge in [-0.15, -0.1) is 22.7 Å². The van der Waals surface area contributed by atoms with Crippen LogP contribution in [0.3, 0.4) is 0 Å². The number of rotatable bonds is 5. The minimum absolute atomic E-state index is 0.839. The van der Waals surface area contributed by atoms with Crippen LogP contribution in [0.25, 0.3) is 0 Å². The van der Waals surface area contributed by atoms with Gasteiger partial charge in [0, 0.05) is 33.1 Å². The third kappa shape index (κ3) is 3.32. The van der Waals surface area contributed by atoms with Gasteiger partial charge in [-0.2, -0.15) is 0 Å². The van der Waals surface area contributed by atoms with Crippen molar-refractivity contribution in [2.45, 2.75) is 26.4 Å². The maximum absolute atomic E-state index is 5.86. The van der Waals surface area contributed by atoms with E-state index in [2.05, 4.69) is 24.4 Å². The van der Waals surface area contributed by atoms with E-state index in [1.807, 2.05) is 22.8 Å². The molecule has 2 heterocycles. The van der Waals surface area contributed by atoms with E-state index in [0.29, 0.717) is 0 Å². The second kappa shape index (κ2) is 5.82. The molecule has 86 valence electrons. The molecule has 1 N–H and O–H groups in total. The highest BCUT2D eigenvalue weighted by atomic mass is 35.5. The summed E-state index contributed by atoms with van der Waals surface area (Å²) in [7, 11) is 0. The minimum atomic E-state index is 0.839. The molecule has 0 aliphatic rings. The highest BCUT2D eigenvalue weighted by Crippen LogP contribution is 2.20. The number of hydrogen-bond donors (Lipinski definition) is 1. The molecule has 2 rings (SSSR count). The van der Waals surface area contributed by atoms with Crippen molar-refractivity contribution in [3.8, 4) is 0 Å². The molecule has 0 radical (unpaired) electrons. The zero-order chi connectivity index (χ0) is 11.4. The summed E-state index contributed by atoms with van der Waals surface area (Å²) in [5.41, 5.74) is 0. The first kappa shape index (κ1) is 12.1. The van der Waals surface area contributed by atoms with Gasteiger partial charge in [-0.25, -0.2) is 0 Å². The summed E-state index contributed by atoms with van der Waals surface area (Å²) >= 11 is 9.45. The molecule has 0 aromatic carbocycles. The summed E-state index contributed by atoms with van der Waals surface area (Å²) in [6.45, 7) is 4.04. The number of hydrogen-bond acceptors (Lipinski definition) is 3. The highest BCUT2D eigenvalue weighted by Gasteiger charge is 2.00. The van der Waals surface area contributed by atoms with Crippen molar-refractivity contribution in [3.05, 3.63) is 43.2 Å². The average Bonchev–Trinajstić information content (AvgIpc) is 2.88. The van der Waals surface area contributed by atoms with Crippen molar-refractivity contribution < 1.29 is 0 Å². The van der Waals surface area contributed by atoms with Gasteiger partial charge < -0.3 is 5.32 Å². The molecule has 2 aromatic rings. The lowest BCUT2D eigenvalue weighted by atomic mass is 10.3. The van der Waals surface area contributed by atoms with E-state index < -0.39 is 0 Å². The van der Waals surface area contributed by atoms with E-state index in [9.17, 15) is 0 Å². The first-order valence-electron chi connectivity index (χ1n) is 5.29. The van der Waals surface area contributed by atoms with Crippen LogP contribution in [0.2, 0.25) is 5.02 Å². The zero-order valence-electron chi connectivity index (χ0n) is 9.13. The Bertz CT molecular complexity index is 447. The Kier molecular flexibility index (Phi) is 4.41. The van der Waals surface area contributed by atoms with Crippen molar-refractivity contribution >= 4 is 34.3 Å². The Labute approximate surface area is 109 Å². The number of aryl methyl sites for hydroxylation is 1. The summed E-state index contributed by atoms with van der Waals surface area (Å²) in [5, 5.41) is 6.24. The van der Waals surface area contributed by atoms with Crippen molar-refractivity contribution in [1.82, 2.24) is 5.32 Å². The van der Waals surface area contributed by atoms with E-state index in [1.54, 1.807) is 11.3 Å². The molecular formula is C12H14ClNS2. The Hall–Kier alpha value is -0.350. The van der Waals surface area contributed by atoms with Gasteiger partial charge >= 0.3 is 0 Å². The van der Waals surface area contributed by atoms with Crippen LogP contribution in [0.1, 0.15) is 21.6 Å². The smallest absolute Gasteiger partial charge is 0.0516 e. The van der Waals surface area contributed by atoms with E-state index in [-0.39, 0.29) is 0 Å². The number of halogens is 1. The quantitative estimate of drug-likeness (QED) is 0.854. The summed E-state index contributed by atoms with van der Waals surface area (Å²) in [4.78, 5) is 4.15. The fraction of sp³-hybridized carbons (Fsp3) is 0.333. The van der Waals surface area contributed by atoms with Crippen LogP contribution in [0.5, 0.6) is 0 Å². The lowest BCUT2D eigenvalue weighted by Crippen LogP contribution is -2.10. The Morgan fingerprint density at radius 1 is 1.19 bits per heavy atom. The number of thiophene rings is 2. The summed E-state index contributed by atoms with van der Waals surface area (Å²) in [6.07, 6.45) is 1.13. The molecule has 0 aliphatic heterocycles. The minimum Gasteiger partial charge on any atom is -0.307 e. The lowest BCUT2D eigenvalue weighted by molar-refractivity contribution is 0.709. The predicted octanol–water partition coefficient (Wildman–Crippen LogP) is 4.32. The van der Waals surface area contributed by atoms with Crippen LogP contribution in [-0.4, -0.2) is 0 Å². The summed E-state index contributed by atoms with van der Waals surface area (Å²) < 4.78 is 0. The van der Waals surface area contributed by atoms with Crippen molar-refractivity contribution in [1.29, 1.82) is 0 Å². The maximum Gasteiger partial charge on any atom is 0.0516 e. The molecule has 0 aliphatic carbocycles. The van der Waals surface area contributed by atoms with Crippen LogP contribution in [0, 0.1) is 0 Å².